The highest BCUT2D eigenvalue weighted by Gasteiger charge is 2.17. The summed E-state index contributed by atoms with van der Waals surface area (Å²) >= 11 is 0. The molecule has 1 aromatic heterocycles. The molecule has 3 nitrogen and oxygen atoms in total. The van der Waals surface area contributed by atoms with E-state index in [2.05, 4.69) is 4.98 Å². The molecule has 5 heteroatoms. The Labute approximate surface area is 150 Å². The first-order chi connectivity index (χ1) is 12.6. The Balaban J connectivity index is 1.81. The van der Waals surface area contributed by atoms with Crippen LogP contribution in [0, 0.1) is 11.6 Å². The highest BCUT2D eigenvalue weighted by atomic mass is 19.1. The number of aromatic nitrogens is 1. The number of pyridine rings is 1. The molecule has 2 aromatic carbocycles. The van der Waals surface area contributed by atoms with Gasteiger partial charge in [-0.25, -0.2) is 8.78 Å². The average Bonchev–Trinajstić information content (AvgIpc) is 2.66. The number of rotatable bonds is 6. The molecule has 0 atom stereocenters. The second-order valence-electron chi connectivity index (χ2n) is 5.94. The van der Waals surface area contributed by atoms with E-state index in [0.717, 1.165) is 5.56 Å². The van der Waals surface area contributed by atoms with Gasteiger partial charge in [0.05, 0.1) is 0 Å². The molecule has 0 aliphatic rings. The van der Waals surface area contributed by atoms with Gasteiger partial charge in [0.15, 0.2) is 0 Å². The SMILES string of the molecule is O=C(c1cccc(F)c1)N(CCc1ccccc1F)Cc1cccnc1. The van der Waals surface area contributed by atoms with E-state index in [1.54, 1.807) is 47.6 Å². The highest BCUT2D eigenvalue weighted by molar-refractivity contribution is 5.94. The van der Waals surface area contributed by atoms with Crippen molar-refractivity contribution in [3.63, 3.8) is 0 Å². The summed E-state index contributed by atoms with van der Waals surface area (Å²) in [5.41, 5.74) is 1.66. The van der Waals surface area contributed by atoms with E-state index >= 15 is 0 Å². The number of carbonyl (C=O) groups is 1. The van der Waals surface area contributed by atoms with Gasteiger partial charge in [-0.1, -0.05) is 30.3 Å². The maximum atomic E-state index is 13.9. The maximum absolute atomic E-state index is 13.9. The molecule has 0 N–H and O–H groups in total. The number of amides is 1. The third kappa shape index (κ3) is 4.51. The van der Waals surface area contributed by atoms with Crippen LogP contribution in [0.1, 0.15) is 21.5 Å². The van der Waals surface area contributed by atoms with E-state index in [0.29, 0.717) is 25.1 Å². The quantitative estimate of drug-likeness (QED) is 0.665. The average molecular weight is 352 g/mol. The van der Waals surface area contributed by atoms with Gasteiger partial charge in [0, 0.05) is 31.0 Å². The van der Waals surface area contributed by atoms with Crippen molar-refractivity contribution in [2.45, 2.75) is 13.0 Å². The van der Waals surface area contributed by atoms with Crippen LogP contribution in [0.2, 0.25) is 0 Å². The zero-order valence-electron chi connectivity index (χ0n) is 14.1. The van der Waals surface area contributed by atoms with Crippen molar-refractivity contribution in [2.24, 2.45) is 0 Å². The van der Waals surface area contributed by atoms with Gasteiger partial charge in [0.25, 0.3) is 5.91 Å². The van der Waals surface area contributed by atoms with Crippen LogP contribution in [0.4, 0.5) is 8.78 Å². The normalized spacial score (nSPS) is 10.5. The van der Waals surface area contributed by atoms with Crippen LogP contribution in [-0.2, 0) is 13.0 Å². The van der Waals surface area contributed by atoms with Gasteiger partial charge >= 0.3 is 0 Å². The number of hydrogen-bond donors (Lipinski definition) is 0. The monoisotopic (exact) mass is 352 g/mol. The molecule has 1 heterocycles. The van der Waals surface area contributed by atoms with E-state index in [1.807, 2.05) is 6.07 Å². The minimum Gasteiger partial charge on any atom is -0.334 e. The molecule has 3 aromatic rings. The van der Waals surface area contributed by atoms with Gasteiger partial charge in [-0.15, -0.1) is 0 Å². The fourth-order valence-corrected chi connectivity index (χ4v) is 2.73. The first kappa shape index (κ1) is 17.7. The van der Waals surface area contributed by atoms with Crippen LogP contribution in [0.25, 0.3) is 0 Å². The molecule has 0 spiro atoms. The van der Waals surface area contributed by atoms with Crippen LogP contribution < -0.4 is 0 Å². The van der Waals surface area contributed by atoms with E-state index in [1.165, 1.54) is 24.3 Å². The minimum atomic E-state index is -0.466. The van der Waals surface area contributed by atoms with Crippen LogP contribution in [0.15, 0.2) is 73.1 Å². The van der Waals surface area contributed by atoms with Crippen LogP contribution in [0.3, 0.4) is 0 Å². The highest BCUT2D eigenvalue weighted by Crippen LogP contribution is 2.14. The maximum Gasteiger partial charge on any atom is 0.254 e. The summed E-state index contributed by atoms with van der Waals surface area (Å²) in [5.74, 6) is -1.07. The Hall–Kier alpha value is -3.08. The second-order valence-corrected chi connectivity index (χ2v) is 5.94. The summed E-state index contributed by atoms with van der Waals surface area (Å²) in [5, 5.41) is 0. The molecule has 0 radical (unpaired) electrons. The van der Waals surface area contributed by atoms with Gasteiger partial charge in [0.1, 0.15) is 11.6 Å². The molecular formula is C21H18F2N2O. The number of nitrogens with zero attached hydrogens (tertiary/aromatic N) is 2. The molecule has 0 aliphatic carbocycles. The zero-order valence-corrected chi connectivity index (χ0v) is 14.1. The summed E-state index contributed by atoms with van der Waals surface area (Å²) < 4.78 is 27.4. The number of hydrogen-bond acceptors (Lipinski definition) is 2. The molecule has 0 saturated heterocycles. The van der Waals surface area contributed by atoms with Gasteiger partial charge in [-0.05, 0) is 47.9 Å². The fraction of sp³-hybridized carbons (Fsp3) is 0.143. The van der Waals surface area contributed by atoms with Gasteiger partial charge in [-0.3, -0.25) is 9.78 Å². The van der Waals surface area contributed by atoms with Crippen LogP contribution >= 0.6 is 0 Å². The Morgan fingerprint density at radius 1 is 1.00 bits per heavy atom. The molecule has 3 rings (SSSR count). The Morgan fingerprint density at radius 3 is 2.58 bits per heavy atom. The third-order valence-corrected chi connectivity index (χ3v) is 4.06. The van der Waals surface area contributed by atoms with Crippen molar-refractivity contribution < 1.29 is 13.6 Å². The van der Waals surface area contributed by atoms with Crippen molar-refractivity contribution in [2.75, 3.05) is 6.54 Å². The minimum absolute atomic E-state index is 0.266. The van der Waals surface area contributed by atoms with Crippen LogP contribution in [0.5, 0.6) is 0 Å². The predicted molar refractivity (Wildman–Crippen MR) is 95.5 cm³/mol. The fourth-order valence-electron chi connectivity index (χ4n) is 2.73. The summed E-state index contributed by atoms with van der Waals surface area (Å²) in [6, 6.07) is 15.7. The van der Waals surface area contributed by atoms with Crippen molar-refractivity contribution >= 4 is 5.91 Å². The van der Waals surface area contributed by atoms with Crippen molar-refractivity contribution in [1.82, 2.24) is 9.88 Å². The van der Waals surface area contributed by atoms with Crippen molar-refractivity contribution in [1.29, 1.82) is 0 Å². The molecule has 0 saturated carbocycles. The first-order valence-corrected chi connectivity index (χ1v) is 8.30. The molecule has 26 heavy (non-hydrogen) atoms. The summed E-state index contributed by atoms with van der Waals surface area (Å²) in [7, 11) is 0. The Bertz CT molecular complexity index is 884. The smallest absolute Gasteiger partial charge is 0.254 e. The number of halogens is 2. The summed E-state index contributed by atoms with van der Waals surface area (Å²) in [6.07, 6.45) is 3.70. The summed E-state index contributed by atoms with van der Waals surface area (Å²) in [4.78, 5) is 18.5. The Kier molecular flexibility index (Phi) is 5.69. The summed E-state index contributed by atoms with van der Waals surface area (Å²) in [6.45, 7) is 0.628. The third-order valence-electron chi connectivity index (χ3n) is 4.06. The lowest BCUT2D eigenvalue weighted by Crippen LogP contribution is -2.32. The molecule has 0 unspecified atom stereocenters. The van der Waals surface area contributed by atoms with Gasteiger partial charge in [0.2, 0.25) is 0 Å². The van der Waals surface area contributed by atoms with E-state index in [-0.39, 0.29) is 17.3 Å². The first-order valence-electron chi connectivity index (χ1n) is 8.30. The lowest BCUT2D eigenvalue weighted by atomic mass is 10.1. The second kappa shape index (κ2) is 8.34. The topological polar surface area (TPSA) is 33.2 Å². The standard InChI is InChI=1S/C21H18F2N2O/c22-19-8-3-7-18(13-19)21(26)25(15-16-5-4-11-24-14-16)12-10-17-6-1-2-9-20(17)23/h1-9,11,13-14H,10,12,15H2. The molecule has 0 bridgehead atoms. The molecule has 0 fully saturated rings. The van der Waals surface area contributed by atoms with Crippen LogP contribution in [-0.4, -0.2) is 22.3 Å². The van der Waals surface area contributed by atoms with Gasteiger partial charge < -0.3 is 4.90 Å². The zero-order chi connectivity index (χ0) is 18.4. The molecule has 1 amide bonds. The lowest BCUT2D eigenvalue weighted by Gasteiger charge is -2.23. The van der Waals surface area contributed by atoms with E-state index in [4.69, 9.17) is 0 Å². The van der Waals surface area contributed by atoms with Crippen molar-refractivity contribution in [3.05, 3.63) is 101 Å². The number of benzene rings is 2. The van der Waals surface area contributed by atoms with Gasteiger partial charge in [-0.2, -0.15) is 0 Å². The predicted octanol–water partition coefficient (Wildman–Crippen LogP) is 4.24. The Morgan fingerprint density at radius 2 is 1.85 bits per heavy atom. The number of carbonyl (C=O) groups excluding carboxylic acids is 1. The lowest BCUT2D eigenvalue weighted by molar-refractivity contribution is 0.0744. The largest absolute Gasteiger partial charge is 0.334 e. The molecule has 0 aliphatic heterocycles. The molecular weight excluding hydrogens is 334 g/mol. The van der Waals surface area contributed by atoms with E-state index < -0.39 is 5.82 Å². The van der Waals surface area contributed by atoms with E-state index in [9.17, 15) is 13.6 Å². The molecule has 132 valence electrons. The van der Waals surface area contributed by atoms with Crippen molar-refractivity contribution in [3.8, 4) is 0 Å².